The van der Waals surface area contributed by atoms with Gasteiger partial charge in [-0.1, -0.05) is 0 Å². The fourth-order valence-corrected chi connectivity index (χ4v) is 1.87. The van der Waals surface area contributed by atoms with E-state index in [4.69, 9.17) is 4.74 Å². The van der Waals surface area contributed by atoms with Gasteiger partial charge in [-0.2, -0.15) is 5.10 Å². The molecule has 0 aromatic carbocycles. The molecular formula is C15H25N3O3. The molecule has 21 heavy (non-hydrogen) atoms. The van der Waals surface area contributed by atoms with E-state index in [0.717, 1.165) is 11.4 Å². The van der Waals surface area contributed by atoms with Crippen molar-refractivity contribution >= 4 is 11.9 Å². The first-order chi connectivity index (χ1) is 9.58. The molecule has 6 nitrogen and oxygen atoms in total. The standard InChI is InChI=1S/C15H25N3O3/c1-10-9-11(2)18(17-10)8-7-13(19)16-12(3)14(20)21-15(4,5)6/h9,12H,7-8H2,1-6H3,(H,16,19)/t12-/m0/s1. The van der Waals surface area contributed by atoms with Crippen LogP contribution in [0, 0.1) is 13.8 Å². The Kier molecular flexibility index (Phi) is 5.52. The predicted octanol–water partition coefficient (Wildman–Crippen LogP) is 1.74. The van der Waals surface area contributed by atoms with Crippen molar-refractivity contribution in [3.63, 3.8) is 0 Å². The molecule has 6 heteroatoms. The molecular weight excluding hydrogens is 270 g/mol. The second-order valence-corrected chi connectivity index (χ2v) is 6.22. The van der Waals surface area contributed by atoms with Gasteiger partial charge in [-0.25, -0.2) is 4.79 Å². The van der Waals surface area contributed by atoms with Crippen LogP contribution in [0.4, 0.5) is 0 Å². The van der Waals surface area contributed by atoms with Crippen LogP contribution >= 0.6 is 0 Å². The quantitative estimate of drug-likeness (QED) is 0.840. The van der Waals surface area contributed by atoms with Crippen molar-refractivity contribution in [2.75, 3.05) is 0 Å². The molecule has 1 N–H and O–H groups in total. The van der Waals surface area contributed by atoms with E-state index in [9.17, 15) is 9.59 Å². The molecule has 1 atom stereocenters. The van der Waals surface area contributed by atoms with E-state index in [1.165, 1.54) is 0 Å². The van der Waals surface area contributed by atoms with Gasteiger partial charge in [0.2, 0.25) is 5.91 Å². The Balaban J connectivity index is 2.43. The highest BCUT2D eigenvalue weighted by Crippen LogP contribution is 2.08. The Morgan fingerprint density at radius 1 is 1.38 bits per heavy atom. The number of rotatable bonds is 5. The summed E-state index contributed by atoms with van der Waals surface area (Å²) in [7, 11) is 0. The molecule has 1 amide bonds. The first-order valence-corrected chi connectivity index (χ1v) is 7.12. The molecule has 1 rings (SSSR count). The number of nitrogens with one attached hydrogen (secondary N) is 1. The minimum absolute atomic E-state index is 0.194. The lowest BCUT2D eigenvalue weighted by molar-refractivity contribution is -0.158. The van der Waals surface area contributed by atoms with Crippen molar-refractivity contribution in [3.8, 4) is 0 Å². The number of hydrogen-bond donors (Lipinski definition) is 1. The predicted molar refractivity (Wildman–Crippen MR) is 79.8 cm³/mol. The van der Waals surface area contributed by atoms with Gasteiger partial charge in [0.25, 0.3) is 0 Å². The maximum atomic E-state index is 11.9. The summed E-state index contributed by atoms with van der Waals surface area (Å²) >= 11 is 0. The number of nitrogens with zero attached hydrogens (tertiary/aromatic N) is 2. The number of aromatic nitrogens is 2. The summed E-state index contributed by atoms with van der Waals surface area (Å²) in [5, 5.41) is 6.93. The van der Waals surface area contributed by atoms with Crippen molar-refractivity contribution in [2.24, 2.45) is 0 Å². The molecule has 118 valence electrons. The number of esters is 1. The second-order valence-electron chi connectivity index (χ2n) is 6.22. The van der Waals surface area contributed by atoms with Gasteiger partial charge in [-0.15, -0.1) is 0 Å². The minimum Gasteiger partial charge on any atom is -0.458 e. The summed E-state index contributed by atoms with van der Waals surface area (Å²) in [5.74, 6) is -0.622. The third-order valence-electron chi connectivity index (χ3n) is 2.79. The lowest BCUT2D eigenvalue weighted by Gasteiger charge is -2.22. The van der Waals surface area contributed by atoms with Gasteiger partial charge in [-0.3, -0.25) is 9.48 Å². The van der Waals surface area contributed by atoms with E-state index in [1.54, 1.807) is 32.4 Å². The summed E-state index contributed by atoms with van der Waals surface area (Å²) in [5.41, 5.74) is 1.38. The largest absolute Gasteiger partial charge is 0.458 e. The van der Waals surface area contributed by atoms with Gasteiger partial charge in [0.15, 0.2) is 0 Å². The van der Waals surface area contributed by atoms with Crippen LogP contribution < -0.4 is 5.32 Å². The zero-order valence-electron chi connectivity index (χ0n) is 13.7. The van der Waals surface area contributed by atoms with Crippen LogP contribution in [0.25, 0.3) is 0 Å². The fourth-order valence-electron chi connectivity index (χ4n) is 1.87. The van der Waals surface area contributed by atoms with Crippen LogP contribution in [-0.4, -0.2) is 33.3 Å². The molecule has 0 spiro atoms. The molecule has 0 saturated carbocycles. The third kappa shape index (κ3) is 5.97. The molecule has 1 aromatic heterocycles. The lowest BCUT2D eigenvalue weighted by Crippen LogP contribution is -2.42. The number of amides is 1. The van der Waals surface area contributed by atoms with Crippen molar-refractivity contribution in [3.05, 3.63) is 17.5 Å². The maximum Gasteiger partial charge on any atom is 0.328 e. The van der Waals surface area contributed by atoms with Gasteiger partial charge in [0, 0.05) is 18.7 Å². The van der Waals surface area contributed by atoms with E-state index >= 15 is 0 Å². The molecule has 0 aliphatic heterocycles. The SMILES string of the molecule is Cc1cc(C)n(CCC(=O)N[C@@H](C)C(=O)OC(C)(C)C)n1. The van der Waals surface area contributed by atoms with Crippen LogP contribution in [0.15, 0.2) is 6.07 Å². The van der Waals surface area contributed by atoms with Crippen LogP contribution in [0.2, 0.25) is 0 Å². The van der Waals surface area contributed by atoms with Crippen molar-refractivity contribution < 1.29 is 14.3 Å². The summed E-state index contributed by atoms with van der Waals surface area (Å²) in [4.78, 5) is 23.6. The Morgan fingerprint density at radius 3 is 2.48 bits per heavy atom. The fraction of sp³-hybridized carbons (Fsp3) is 0.667. The molecule has 0 radical (unpaired) electrons. The van der Waals surface area contributed by atoms with E-state index in [2.05, 4.69) is 10.4 Å². The third-order valence-corrected chi connectivity index (χ3v) is 2.79. The van der Waals surface area contributed by atoms with Crippen molar-refractivity contribution in [1.29, 1.82) is 0 Å². The molecule has 0 aliphatic carbocycles. The average Bonchev–Trinajstić information content (AvgIpc) is 2.63. The van der Waals surface area contributed by atoms with Crippen LogP contribution in [0.5, 0.6) is 0 Å². The highest BCUT2D eigenvalue weighted by atomic mass is 16.6. The summed E-state index contributed by atoms with van der Waals surface area (Å²) < 4.78 is 7.00. The smallest absolute Gasteiger partial charge is 0.328 e. The lowest BCUT2D eigenvalue weighted by atomic mass is 10.2. The molecule has 1 aromatic rings. The van der Waals surface area contributed by atoms with Crippen LogP contribution in [0.3, 0.4) is 0 Å². The summed E-state index contributed by atoms with van der Waals surface area (Å²) in [6.07, 6.45) is 0.273. The average molecular weight is 295 g/mol. The molecule has 0 fully saturated rings. The molecule has 0 saturated heterocycles. The number of aryl methyl sites for hydroxylation is 3. The minimum atomic E-state index is -0.655. The summed E-state index contributed by atoms with van der Waals surface area (Å²) in [6, 6.07) is 1.30. The number of hydrogen-bond acceptors (Lipinski definition) is 4. The van der Waals surface area contributed by atoms with Crippen LogP contribution in [0.1, 0.15) is 45.5 Å². The highest BCUT2D eigenvalue weighted by Gasteiger charge is 2.22. The zero-order valence-corrected chi connectivity index (χ0v) is 13.7. The Bertz CT molecular complexity index is 515. The number of ether oxygens (including phenoxy) is 1. The molecule has 1 heterocycles. The van der Waals surface area contributed by atoms with Gasteiger partial charge in [-0.05, 0) is 47.6 Å². The van der Waals surface area contributed by atoms with Gasteiger partial charge in [0.1, 0.15) is 11.6 Å². The molecule has 0 unspecified atom stereocenters. The first-order valence-electron chi connectivity index (χ1n) is 7.12. The Labute approximate surface area is 125 Å². The van der Waals surface area contributed by atoms with Crippen molar-refractivity contribution in [1.82, 2.24) is 15.1 Å². The van der Waals surface area contributed by atoms with Gasteiger partial charge < -0.3 is 10.1 Å². The molecule has 0 aliphatic rings. The van der Waals surface area contributed by atoms with E-state index in [0.29, 0.717) is 6.54 Å². The number of carbonyl (C=O) groups excluding carboxylic acids is 2. The maximum absolute atomic E-state index is 11.9. The molecule has 0 bridgehead atoms. The van der Waals surface area contributed by atoms with E-state index in [1.807, 2.05) is 19.9 Å². The Morgan fingerprint density at radius 2 is 2.00 bits per heavy atom. The normalized spacial score (nSPS) is 12.9. The topological polar surface area (TPSA) is 73.2 Å². The van der Waals surface area contributed by atoms with E-state index in [-0.39, 0.29) is 12.3 Å². The summed E-state index contributed by atoms with van der Waals surface area (Å²) in [6.45, 7) is 11.4. The second kappa shape index (κ2) is 6.74. The highest BCUT2D eigenvalue weighted by molar-refractivity contribution is 5.84. The van der Waals surface area contributed by atoms with Crippen LogP contribution in [-0.2, 0) is 20.9 Å². The Hall–Kier alpha value is -1.85. The van der Waals surface area contributed by atoms with E-state index < -0.39 is 17.6 Å². The monoisotopic (exact) mass is 295 g/mol. The number of carbonyl (C=O) groups is 2. The van der Waals surface area contributed by atoms with Gasteiger partial charge in [0.05, 0.1) is 5.69 Å². The van der Waals surface area contributed by atoms with Crippen molar-refractivity contribution in [2.45, 2.75) is 66.2 Å². The van der Waals surface area contributed by atoms with Gasteiger partial charge >= 0.3 is 5.97 Å². The first kappa shape index (κ1) is 17.2. The zero-order chi connectivity index (χ0) is 16.2.